The minimum Gasteiger partial charge on any atom is -0.454 e. The highest BCUT2D eigenvalue weighted by atomic mass is 33.1. The van der Waals surface area contributed by atoms with Gasteiger partial charge in [0.05, 0.1) is 17.5 Å². The first-order valence-corrected chi connectivity index (χ1v) is 10.4. The van der Waals surface area contributed by atoms with Crippen molar-refractivity contribution in [1.82, 2.24) is 9.80 Å². The maximum atomic E-state index is 13.4. The van der Waals surface area contributed by atoms with Crippen molar-refractivity contribution >= 4 is 34.3 Å². The van der Waals surface area contributed by atoms with Crippen LogP contribution < -0.4 is 9.47 Å². The molecule has 0 aliphatic carbocycles. The van der Waals surface area contributed by atoms with E-state index in [2.05, 4.69) is 17.7 Å². The Kier molecular flexibility index (Phi) is 4.05. The molecule has 4 atom stereocenters. The standard InChI is InChI=1S/C18H19N3O4S2/c1-17(8-19)7-11-15(22)20(3)18(2,27-26)16(23)21(11)14(17)10-4-5-12-13(6-10)25-9-24-12/h4-6,11,14,26H,7,9H2,1-3H3/t11?,14-,17+,18-/m1/s1. The van der Waals surface area contributed by atoms with Crippen molar-refractivity contribution in [2.45, 2.75) is 37.2 Å². The molecular formula is C18H19N3O4S2. The largest absolute Gasteiger partial charge is 0.454 e. The number of nitrogens with zero attached hydrogens (tertiary/aromatic N) is 3. The Morgan fingerprint density at radius 3 is 2.67 bits per heavy atom. The highest BCUT2D eigenvalue weighted by Gasteiger charge is 2.62. The molecule has 2 amide bonds. The van der Waals surface area contributed by atoms with Gasteiger partial charge in [-0.15, -0.1) is 11.7 Å². The number of likely N-dealkylation sites (N-methyl/N-ethyl adjacent to an activating group) is 1. The Hall–Kier alpha value is -2.05. The summed E-state index contributed by atoms with van der Waals surface area (Å²) in [5, 5.41) is 9.93. The molecule has 0 aromatic heterocycles. The molecule has 0 radical (unpaired) electrons. The minimum absolute atomic E-state index is 0.141. The summed E-state index contributed by atoms with van der Waals surface area (Å²) in [4.78, 5) is 28.3. The Morgan fingerprint density at radius 2 is 2.00 bits per heavy atom. The van der Waals surface area contributed by atoms with Gasteiger partial charge in [-0.3, -0.25) is 9.59 Å². The predicted molar refractivity (Wildman–Crippen MR) is 102 cm³/mol. The third kappa shape index (κ3) is 2.36. The maximum Gasteiger partial charge on any atom is 0.260 e. The van der Waals surface area contributed by atoms with Gasteiger partial charge in [-0.1, -0.05) is 16.9 Å². The molecule has 2 saturated heterocycles. The van der Waals surface area contributed by atoms with Crippen LogP contribution in [-0.4, -0.2) is 46.4 Å². The average Bonchev–Trinajstić information content (AvgIpc) is 3.26. The number of fused-ring (bicyclic) bond motifs is 2. The van der Waals surface area contributed by atoms with Gasteiger partial charge in [-0.25, -0.2) is 0 Å². The van der Waals surface area contributed by atoms with E-state index in [-0.39, 0.29) is 25.0 Å². The first-order valence-electron chi connectivity index (χ1n) is 8.50. The molecule has 142 valence electrons. The lowest BCUT2D eigenvalue weighted by Gasteiger charge is -2.47. The van der Waals surface area contributed by atoms with Gasteiger partial charge >= 0.3 is 0 Å². The van der Waals surface area contributed by atoms with Crippen LogP contribution in [0.5, 0.6) is 11.5 Å². The third-order valence-corrected chi connectivity index (χ3v) is 7.74. The molecule has 1 aromatic rings. The molecule has 0 saturated carbocycles. The van der Waals surface area contributed by atoms with Crippen LogP contribution in [-0.2, 0) is 9.59 Å². The van der Waals surface area contributed by atoms with E-state index in [0.29, 0.717) is 11.5 Å². The van der Waals surface area contributed by atoms with Crippen molar-refractivity contribution in [2.75, 3.05) is 13.8 Å². The number of carbonyl (C=O) groups is 2. The number of benzene rings is 1. The summed E-state index contributed by atoms with van der Waals surface area (Å²) in [5.41, 5.74) is -0.153. The van der Waals surface area contributed by atoms with Gasteiger partial charge < -0.3 is 19.3 Å². The van der Waals surface area contributed by atoms with Crippen molar-refractivity contribution in [3.63, 3.8) is 0 Å². The van der Waals surface area contributed by atoms with Gasteiger partial charge in [0.15, 0.2) is 16.4 Å². The van der Waals surface area contributed by atoms with Crippen LogP contribution in [0, 0.1) is 16.7 Å². The van der Waals surface area contributed by atoms with Crippen LogP contribution in [0.15, 0.2) is 18.2 Å². The molecule has 1 unspecified atom stereocenters. The fraction of sp³-hybridized carbons (Fsp3) is 0.500. The highest BCUT2D eigenvalue weighted by Crippen LogP contribution is 2.55. The second-order valence-electron chi connectivity index (χ2n) is 7.45. The fourth-order valence-electron chi connectivity index (χ4n) is 4.20. The number of carbonyl (C=O) groups excluding carboxylic acids is 2. The molecule has 0 bridgehead atoms. The third-order valence-electron chi connectivity index (χ3n) is 5.87. The summed E-state index contributed by atoms with van der Waals surface area (Å²) in [6, 6.07) is 6.52. The molecule has 9 heteroatoms. The van der Waals surface area contributed by atoms with Gasteiger partial charge in [-0.05, 0) is 38.0 Å². The maximum absolute atomic E-state index is 13.4. The van der Waals surface area contributed by atoms with Crippen molar-refractivity contribution < 1.29 is 19.1 Å². The number of ether oxygens (including phenoxy) is 2. The lowest BCUT2D eigenvalue weighted by Crippen LogP contribution is -2.66. The van der Waals surface area contributed by atoms with Crippen LogP contribution in [0.4, 0.5) is 0 Å². The van der Waals surface area contributed by atoms with Crippen LogP contribution in [0.3, 0.4) is 0 Å². The molecule has 3 heterocycles. The Labute approximate surface area is 166 Å². The molecule has 3 aliphatic heterocycles. The van der Waals surface area contributed by atoms with Gasteiger partial charge in [0.25, 0.3) is 5.91 Å². The van der Waals surface area contributed by atoms with Gasteiger partial charge in [0.1, 0.15) is 6.04 Å². The number of hydrogen-bond acceptors (Lipinski definition) is 7. The lowest BCUT2D eigenvalue weighted by molar-refractivity contribution is -0.161. The smallest absolute Gasteiger partial charge is 0.260 e. The van der Waals surface area contributed by atoms with E-state index in [1.807, 2.05) is 6.07 Å². The topological polar surface area (TPSA) is 82.9 Å². The van der Waals surface area contributed by atoms with Crippen molar-refractivity contribution in [1.29, 1.82) is 5.26 Å². The summed E-state index contributed by atoms with van der Waals surface area (Å²) in [6.07, 6.45) is 0.283. The Balaban J connectivity index is 1.85. The minimum atomic E-state index is -1.13. The lowest BCUT2D eigenvalue weighted by atomic mass is 9.79. The van der Waals surface area contributed by atoms with Crippen LogP contribution in [0.1, 0.15) is 31.9 Å². The fourth-order valence-corrected chi connectivity index (χ4v) is 5.20. The monoisotopic (exact) mass is 405 g/mol. The molecular weight excluding hydrogens is 386 g/mol. The van der Waals surface area contributed by atoms with E-state index >= 15 is 0 Å². The number of piperazine rings is 1. The molecule has 27 heavy (non-hydrogen) atoms. The van der Waals surface area contributed by atoms with Gasteiger partial charge in [0, 0.05) is 7.05 Å². The summed E-state index contributed by atoms with van der Waals surface area (Å²) < 4.78 is 10.8. The Bertz CT molecular complexity index is 888. The normalized spacial score (nSPS) is 34.6. The van der Waals surface area contributed by atoms with Gasteiger partial charge in [-0.2, -0.15) is 5.26 Å². The van der Waals surface area contributed by atoms with E-state index in [4.69, 9.17) is 9.47 Å². The first kappa shape index (κ1) is 18.3. The van der Waals surface area contributed by atoms with E-state index in [0.717, 1.165) is 16.4 Å². The van der Waals surface area contributed by atoms with Crippen molar-refractivity contribution in [3.05, 3.63) is 23.8 Å². The summed E-state index contributed by atoms with van der Waals surface area (Å²) in [5.74, 6) is 0.804. The molecule has 3 aliphatic rings. The van der Waals surface area contributed by atoms with E-state index in [1.165, 1.54) is 4.90 Å². The van der Waals surface area contributed by atoms with E-state index < -0.39 is 22.4 Å². The zero-order valence-corrected chi connectivity index (χ0v) is 16.8. The van der Waals surface area contributed by atoms with Crippen LogP contribution >= 0.6 is 22.5 Å². The second-order valence-corrected chi connectivity index (χ2v) is 8.97. The number of amides is 2. The Morgan fingerprint density at radius 1 is 1.30 bits per heavy atom. The van der Waals surface area contributed by atoms with Crippen LogP contribution in [0.25, 0.3) is 0 Å². The summed E-state index contributed by atoms with van der Waals surface area (Å²) in [7, 11) is 2.63. The molecule has 1 aromatic carbocycles. The molecule has 4 rings (SSSR count). The molecule has 0 N–H and O–H groups in total. The highest BCUT2D eigenvalue weighted by molar-refractivity contribution is 8.69. The zero-order chi connectivity index (χ0) is 19.6. The number of hydrogen-bond donors (Lipinski definition) is 1. The number of nitriles is 1. The molecule has 7 nitrogen and oxygen atoms in total. The number of rotatable bonds is 2. The van der Waals surface area contributed by atoms with Crippen LogP contribution in [0.2, 0.25) is 0 Å². The molecule has 2 fully saturated rings. The van der Waals surface area contributed by atoms with Crippen molar-refractivity contribution in [3.8, 4) is 17.6 Å². The first-order chi connectivity index (χ1) is 12.8. The van der Waals surface area contributed by atoms with Crippen molar-refractivity contribution in [2.24, 2.45) is 5.41 Å². The molecule has 0 spiro atoms. The number of thiol groups is 1. The summed E-state index contributed by atoms with van der Waals surface area (Å²) >= 11 is 4.25. The zero-order valence-electron chi connectivity index (χ0n) is 15.1. The SMILES string of the molecule is CN1C(=O)C2C[C@@](C)(C#N)[C@@H](c3ccc4c(c3)OCO4)N2C(=O)[C@@]1(C)SS. The second kappa shape index (κ2) is 5.97. The predicted octanol–water partition coefficient (Wildman–Crippen LogP) is 2.35. The van der Waals surface area contributed by atoms with Gasteiger partial charge in [0.2, 0.25) is 12.7 Å². The summed E-state index contributed by atoms with van der Waals surface area (Å²) in [6.45, 7) is 3.62. The quantitative estimate of drug-likeness (QED) is 0.601. The van der Waals surface area contributed by atoms with E-state index in [9.17, 15) is 14.9 Å². The van der Waals surface area contributed by atoms with E-state index in [1.54, 1.807) is 37.9 Å². The average molecular weight is 406 g/mol.